The Balaban J connectivity index is 2.66. The van der Waals surface area contributed by atoms with E-state index in [9.17, 15) is 28.2 Å². The molecule has 0 aliphatic heterocycles. The lowest BCUT2D eigenvalue weighted by atomic mass is 10.0. The molecular weight excluding hydrogens is 291 g/mol. The Hall–Kier alpha value is -1.80. The van der Waals surface area contributed by atoms with Crippen LogP contribution in [-0.2, 0) is 4.79 Å². The van der Waals surface area contributed by atoms with Gasteiger partial charge in [-0.1, -0.05) is 12.1 Å². The zero-order valence-corrected chi connectivity index (χ0v) is 11.2. The lowest BCUT2D eigenvalue weighted by molar-refractivity contribution is -0.274. The summed E-state index contributed by atoms with van der Waals surface area (Å²) in [4.78, 5) is 10.7. The molecule has 0 aliphatic carbocycles. The van der Waals surface area contributed by atoms with Gasteiger partial charge >= 0.3 is 6.36 Å². The Kier molecular flexibility index (Phi) is 5.98. The van der Waals surface area contributed by atoms with E-state index in [0.29, 0.717) is 0 Å². The van der Waals surface area contributed by atoms with E-state index in [1.165, 1.54) is 19.1 Å². The SMILES string of the molecule is CC(=O)NCCC(O)C(O)c1cccc(OC(F)(F)F)c1. The van der Waals surface area contributed by atoms with E-state index >= 15 is 0 Å². The molecule has 0 aromatic heterocycles. The average Bonchev–Trinajstić information content (AvgIpc) is 2.35. The van der Waals surface area contributed by atoms with Crippen LogP contribution in [0.5, 0.6) is 5.75 Å². The fourth-order valence-electron chi connectivity index (χ4n) is 1.67. The first-order chi connectivity index (χ1) is 9.69. The molecule has 1 rings (SSSR count). The van der Waals surface area contributed by atoms with Crippen molar-refractivity contribution < 1.29 is 32.9 Å². The zero-order chi connectivity index (χ0) is 16.0. The number of benzene rings is 1. The Morgan fingerprint density at radius 1 is 1.38 bits per heavy atom. The Morgan fingerprint density at radius 3 is 2.62 bits per heavy atom. The number of rotatable bonds is 6. The summed E-state index contributed by atoms with van der Waals surface area (Å²) in [6.45, 7) is 1.45. The molecule has 0 aliphatic rings. The quantitative estimate of drug-likeness (QED) is 0.744. The number of hydrogen-bond donors (Lipinski definition) is 3. The molecule has 0 bridgehead atoms. The monoisotopic (exact) mass is 307 g/mol. The topological polar surface area (TPSA) is 78.8 Å². The van der Waals surface area contributed by atoms with Crippen molar-refractivity contribution >= 4 is 5.91 Å². The molecule has 0 saturated carbocycles. The third-order valence-electron chi connectivity index (χ3n) is 2.61. The second-order valence-electron chi connectivity index (χ2n) is 4.40. The van der Waals surface area contributed by atoms with Gasteiger partial charge < -0.3 is 20.3 Å². The van der Waals surface area contributed by atoms with Gasteiger partial charge in [0.25, 0.3) is 0 Å². The Morgan fingerprint density at radius 2 is 2.05 bits per heavy atom. The summed E-state index contributed by atoms with van der Waals surface area (Å²) in [7, 11) is 0. The molecule has 1 amide bonds. The number of amides is 1. The molecule has 0 radical (unpaired) electrons. The summed E-state index contributed by atoms with van der Waals surface area (Å²) in [5.74, 6) is -0.759. The summed E-state index contributed by atoms with van der Waals surface area (Å²) in [5.41, 5.74) is 0.0899. The summed E-state index contributed by atoms with van der Waals surface area (Å²) >= 11 is 0. The predicted octanol–water partition coefficient (Wildman–Crippen LogP) is 1.51. The molecule has 5 nitrogen and oxygen atoms in total. The number of halogens is 3. The first-order valence-electron chi connectivity index (χ1n) is 6.15. The summed E-state index contributed by atoms with van der Waals surface area (Å²) < 4.78 is 40.0. The molecule has 0 fully saturated rings. The molecule has 3 N–H and O–H groups in total. The van der Waals surface area contributed by atoms with E-state index in [-0.39, 0.29) is 24.4 Å². The number of carbonyl (C=O) groups is 1. The molecule has 8 heteroatoms. The smallest absolute Gasteiger partial charge is 0.406 e. The minimum Gasteiger partial charge on any atom is -0.406 e. The van der Waals surface area contributed by atoms with Crippen LogP contribution in [-0.4, -0.2) is 35.1 Å². The summed E-state index contributed by atoms with van der Waals surface area (Å²) in [6, 6.07) is 4.74. The number of hydrogen-bond acceptors (Lipinski definition) is 4. The zero-order valence-electron chi connectivity index (χ0n) is 11.2. The lowest BCUT2D eigenvalue weighted by Gasteiger charge is -2.19. The number of carbonyl (C=O) groups excluding carboxylic acids is 1. The number of nitrogens with one attached hydrogen (secondary N) is 1. The molecule has 0 saturated heterocycles. The van der Waals surface area contributed by atoms with Gasteiger partial charge in [0.1, 0.15) is 11.9 Å². The first kappa shape index (κ1) is 17.3. The van der Waals surface area contributed by atoms with Crippen LogP contribution in [0.4, 0.5) is 13.2 Å². The van der Waals surface area contributed by atoms with E-state index in [0.717, 1.165) is 12.1 Å². The van der Waals surface area contributed by atoms with Gasteiger partial charge in [0.05, 0.1) is 6.10 Å². The predicted molar refractivity (Wildman–Crippen MR) is 67.4 cm³/mol. The molecular formula is C13H16F3NO4. The van der Waals surface area contributed by atoms with Crippen molar-refractivity contribution in [3.05, 3.63) is 29.8 Å². The highest BCUT2D eigenvalue weighted by Crippen LogP contribution is 2.27. The van der Waals surface area contributed by atoms with Crippen LogP contribution in [0.2, 0.25) is 0 Å². The second kappa shape index (κ2) is 7.28. The highest BCUT2D eigenvalue weighted by Gasteiger charge is 2.31. The average molecular weight is 307 g/mol. The van der Waals surface area contributed by atoms with Crippen LogP contribution in [0, 0.1) is 0 Å². The molecule has 2 unspecified atom stereocenters. The second-order valence-corrected chi connectivity index (χ2v) is 4.40. The number of aliphatic hydroxyl groups is 2. The third kappa shape index (κ3) is 6.46. The van der Waals surface area contributed by atoms with E-state index < -0.39 is 24.3 Å². The lowest BCUT2D eigenvalue weighted by Crippen LogP contribution is -2.27. The van der Waals surface area contributed by atoms with Gasteiger partial charge in [0, 0.05) is 13.5 Å². The van der Waals surface area contributed by atoms with E-state index in [1.54, 1.807) is 0 Å². The fraction of sp³-hybridized carbons (Fsp3) is 0.462. The number of aliphatic hydroxyl groups excluding tert-OH is 2. The van der Waals surface area contributed by atoms with Crippen molar-refractivity contribution in [3.63, 3.8) is 0 Å². The van der Waals surface area contributed by atoms with Gasteiger partial charge in [-0.25, -0.2) is 0 Å². The van der Waals surface area contributed by atoms with Crippen molar-refractivity contribution in [2.45, 2.75) is 31.9 Å². The largest absolute Gasteiger partial charge is 0.573 e. The summed E-state index contributed by atoms with van der Waals surface area (Å²) in [5, 5.41) is 22.1. The first-order valence-corrected chi connectivity index (χ1v) is 6.15. The normalized spacial score (nSPS) is 14.4. The van der Waals surface area contributed by atoms with Crippen LogP contribution >= 0.6 is 0 Å². The van der Waals surface area contributed by atoms with Crippen LogP contribution in [0.25, 0.3) is 0 Å². The van der Waals surface area contributed by atoms with Crippen LogP contribution in [0.15, 0.2) is 24.3 Å². The van der Waals surface area contributed by atoms with Crippen molar-refractivity contribution in [3.8, 4) is 5.75 Å². The van der Waals surface area contributed by atoms with Gasteiger partial charge in [-0.3, -0.25) is 4.79 Å². The summed E-state index contributed by atoms with van der Waals surface area (Å²) in [6.07, 6.45) is -7.37. The van der Waals surface area contributed by atoms with Crippen molar-refractivity contribution in [1.29, 1.82) is 0 Å². The fourth-order valence-corrected chi connectivity index (χ4v) is 1.67. The maximum Gasteiger partial charge on any atom is 0.573 e. The molecule has 1 aromatic rings. The number of alkyl halides is 3. The Bertz CT molecular complexity index is 479. The van der Waals surface area contributed by atoms with Crippen LogP contribution in [0.1, 0.15) is 25.0 Å². The molecule has 0 spiro atoms. The van der Waals surface area contributed by atoms with Crippen molar-refractivity contribution in [2.75, 3.05) is 6.54 Å². The van der Waals surface area contributed by atoms with Crippen molar-refractivity contribution in [1.82, 2.24) is 5.32 Å². The van der Waals surface area contributed by atoms with E-state index in [2.05, 4.69) is 10.1 Å². The highest BCUT2D eigenvalue weighted by molar-refractivity contribution is 5.72. The molecule has 2 atom stereocenters. The van der Waals surface area contributed by atoms with Crippen molar-refractivity contribution in [2.24, 2.45) is 0 Å². The highest BCUT2D eigenvalue weighted by atomic mass is 19.4. The third-order valence-corrected chi connectivity index (χ3v) is 2.61. The van der Waals surface area contributed by atoms with E-state index in [1.807, 2.05) is 0 Å². The molecule has 21 heavy (non-hydrogen) atoms. The maximum absolute atomic E-state index is 12.1. The number of ether oxygens (including phenoxy) is 1. The Labute approximate surface area is 119 Å². The van der Waals surface area contributed by atoms with Gasteiger partial charge in [0.2, 0.25) is 5.91 Å². The molecule has 0 heterocycles. The van der Waals surface area contributed by atoms with Crippen LogP contribution < -0.4 is 10.1 Å². The van der Waals surface area contributed by atoms with Gasteiger partial charge in [-0.2, -0.15) is 0 Å². The molecule has 1 aromatic carbocycles. The standard InChI is InChI=1S/C13H16F3NO4/c1-8(18)17-6-5-11(19)12(20)9-3-2-4-10(7-9)21-13(14,15)16/h2-4,7,11-12,19-20H,5-6H2,1H3,(H,17,18). The van der Waals surface area contributed by atoms with E-state index in [4.69, 9.17) is 0 Å². The van der Waals surface area contributed by atoms with Gasteiger partial charge in [-0.05, 0) is 24.1 Å². The minimum atomic E-state index is -4.83. The molecule has 118 valence electrons. The van der Waals surface area contributed by atoms with Crippen LogP contribution in [0.3, 0.4) is 0 Å². The van der Waals surface area contributed by atoms with Gasteiger partial charge in [-0.15, -0.1) is 13.2 Å². The maximum atomic E-state index is 12.1. The minimum absolute atomic E-state index is 0.0606. The van der Waals surface area contributed by atoms with Gasteiger partial charge in [0.15, 0.2) is 0 Å².